The van der Waals surface area contributed by atoms with Gasteiger partial charge in [-0.3, -0.25) is 4.79 Å². The third-order valence-electron chi connectivity index (χ3n) is 4.24. The van der Waals surface area contributed by atoms with Crippen LogP contribution in [-0.4, -0.2) is 24.1 Å². The van der Waals surface area contributed by atoms with Crippen LogP contribution in [0.25, 0.3) is 10.9 Å². The zero-order chi connectivity index (χ0) is 17.6. The van der Waals surface area contributed by atoms with Crippen molar-refractivity contribution in [2.24, 2.45) is 0 Å². The van der Waals surface area contributed by atoms with Crippen LogP contribution in [0.2, 0.25) is 0 Å². The lowest BCUT2D eigenvalue weighted by Crippen LogP contribution is -2.26. The number of hydrogen-bond donors (Lipinski definition) is 1. The molecule has 0 radical (unpaired) electrons. The van der Waals surface area contributed by atoms with Crippen LogP contribution in [-0.2, 0) is 17.8 Å². The summed E-state index contributed by atoms with van der Waals surface area (Å²) in [6.45, 7) is 1.32. The fraction of sp³-hybridized carbons (Fsp3) is 0.250. The molecule has 0 saturated heterocycles. The molecule has 3 rings (SSSR count). The smallest absolute Gasteiger partial charge is 0.221 e. The number of ether oxygens (including phenoxy) is 1. The Kier molecular flexibility index (Phi) is 5.76. The summed E-state index contributed by atoms with van der Waals surface area (Å²) < 4.78 is 8.33. The normalized spacial score (nSPS) is 10.8. The number of fused-ring (bicyclic) bond motifs is 1. The standard InChI is InChI=1S/C20H21BrN2O2/c1-25-16-7-5-15(6-8-16)9-12-22-20(24)11-14-23-13-10-17-18(21)3-2-4-19(17)23/h2-8,10,13H,9,11-12,14H2,1H3,(H,22,24). The Morgan fingerprint density at radius 2 is 1.96 bits per heavy atom. The quantitative estimate of drug-likeness (QED) is 0.646. The number of benzene rings is 2. The molecule has 3 aromatic rings. The molecule has 0 aliphatic rings. The molecule has 5 heteroatoms. The van der Waals surface area contributed by atoms with E-state index in [9.17, 15) is 4.79 Å². The molecule has 0 fully saturated rings. The van der Waals surface area contributed by atoms with Gasteiger partial charge in [-0.1, -0.05) is 34.1 Å². The number of nitrogens with one attached hydrogen (secondary N) is 1. The van der Waals surface area contributed by atoms with Gasteiger partial charge in [-0.2, -0.15) is 0 Å². The maximum Gasteiger partial charge on any atom is 0.221 e. The highest BCUT2D eigenvalue weighted by molar-refractivity contribution is 9.10. The Labute approximate surface area is 155 Å². The minimum absolute atomic E-state index is 0.0744. The molecule has 130 valence electrons. The topological polar surface area (TPSA) is 43.3 Å². The van der Waals surface area contributed by atoms with E-state index in [1.54, 1.807) is 7.11 Å². The van der Waals surface area contributed by atoms with Crippen molar-refractivity contribution >= 4 is 32.7 Å². The molecule has 0 aliphatic heterocycles. The summed E-state index contributed by atoms with van der Waals surface area (Å²) in [5, 5.41) is 4.16. The Balaban J connectivity index is 1.46. The largest absolute Gasteiger partial charge is 0.497 e. The van der Waals surface area contributed by atoms with Crippen molar-refractivity contribution in [2.45, 2.75) is 19.4 Å². The van der Waals surface area contributed by atoms with Gasteiger partial charge in [0, 0.05) is 41.1 Å². The summed E-state index contributed by atoms with van der Waals surface area (Å²) in [7, 11) is 1.65. The van der Waals surface area contributed by atoms with E-state index < -0.39 is 0 Å². The van der Waals surface area contributed by atoms with E-state index >= 15 is 0 Å². The number of aromatic nitrogens is 1. The van der Waals surface area contributed by atoms with Crippen LogP contribution in [0.1, 0.15) is 12.0 Å². The van der Waals surface area contributed by atoms with Gasteiger partial charge in [-0.05, 0) is 42.3 Å². The average molecular weight is 401 g/mol. The van der Waals surface area contributed by atoms with Crippen molar-refractivity contribution in [2.75, 3.05) is 13.7 Å². The van der Waals surface area contributed by atoms with Crippen molar-refractivity contribution in [1.82, 2.24) is 9.88 Å². The maximum absolute atomic E-state index is 12.1. The number of carbonyl (C=O) groups excluding carboxylic acids is 1. The Morgan fingerprint density at radius 1 is 1.16 bits per heavy atom. The van der Waals surface area contributed by atoms with Crippen molar-refractivity contribution in [3.8, 4) is 5.75 Å². The lowest BCUT2D eigenvalue weighted by molar-refractivity contribution is -0.121. The Bertz CT molecular complexity index is 856. The number of amides is 1. The number of methoxy groups -OCH3 is 1. The molecule has 25 heavy (non-hydrogen) atoms. The lowest BCUT2D eigenvalue weighted by Gasteiger charge is -2.08. The number of rotatable bonds is 7. The van der Waals surface area contributed by atoms with E-state index in [2.05, 4.69) is 37.9 Å². The first-order chi connectivity index (χ1) is 12.2. The fourth-order valence-corrected chi connectivity index (χ4v) is 3.32. The molecule has 0 unspecified atom stereocenters. The zero-order valence-electron chi connectivity index (χ0n) is 14.2. The van der Waals surface area contributed by atoms with Crippen LogP contribution in [0.4, 0.5) is 0 Å². The van der Waals surface area contributed by atoms with Crippen LogP contribution in [0.5, 0.6) is 5.75 Å². The third-order valence-corrected chi connectivity index (χ3v) is 4.93. The molecule has 1 heterocycles. The highest BCUT2D eigenvalue weighted by atomic mass is 79.9. The van der Waals surface area contributed by atoms with Gasteiger partial charge in [0.1, 0.15) is 5.75 Å². The minimum Gasteiger partial charge on any atom is -0.497 e. The van der Waals surface area contributed by atoms with Gasteiger partial charge in [0.15, 0.2) is 0 Å². The summed E-state index contributed by atoms with van der Waals surface area (Å²) in [4.78, 5) is 12.1. The molecule has 1 amide bonds. The highest BCUT2D eigenvalue weighted by Crippen LogP contribution is 2.24. The number of halogens is 1. The van der Waals surface area contributed by atoms with Gasteiger partial charge < -0.3 is 14.6 Å². The predicted octanol–water partition coefficient (Wildman–Crippen LogP) is 4.16. The summed E-state index contributed by atoms with van der Waals surface area (Å²) >= 11 is 3.56. The van der Waals surface area contributed by atoms with E-state index in [1.807, 2.05) is 42.6 Å². The molecule has 0 bridgehead atoms. The zero-order valence-corrected chi connectivity index (χ0v) is 15.8. The second-order valence-corrected chi connectivity index (χ2v) is 6.73. The van der Waals surface area contributed by atoms with E-state index in [0.717, 1.165) is 22.2 Å². The average Bonchev–Trinajstić information content (AvgIpc) is 3.05. The first-order valence-electron chi connectivity index (χ1n) is 8.30. The summed E-state index contributed by atoms with van der Waals surface area (Å²) in [5.41, 5.74) is 2.32. The van der Waals surface area contributed by atoms with Gasteiger partial charge in [0.2, 0.25) is 5.91 Å². The van der Waals surface area contributed by atoms with E-state index in [1.165, 1.54) is 10.9 Å². The summed E-state index contributed by atoms with van der Waals surface area (Å²) in [6.07, 6.45) is 3.31. The van der Waals surface area contributed by atoms with Gasteiger partial charge in [0.25, 0.3) is 0 Å². The first-order valence-corrected chi connectivity index (χ1v) is 9.09. The number of nitrogens with zero attached hydrogens (tertiary/aromatic N) is 1. The van der Waals surface area contributed by atoms with Gasteiger partial charge in [-0.15, -0.1) is 0 Å². The highest BCUT2D eigenvalue weighted by Gasteiger charge is 2.06. The molecule has 2 aromatic carbocycles. The molecule has 0 spiro atoms. The molecule has 0 atom stereocenters. The predicted molar refractivity (Wildman–Crippen MR) is 104 cm³/mol. The first kappa shape index (κ1) is 17.5. The third kappa shape index (κ3) is 4.42. The van der Waals surface area contributed by atoms with E-state index in [4.69, 9.17) is 4.74 Å². The second kappa shape index (κ2) is 8.21. The monoisotopic (exact) mass is 400 g/mol. The van der Waals surface area contributed by atoms with Crippen LogP contribution in [0, 0.1) is 0 Å². The van der Waals surface area contributed by atoms with Crippen LogP contribution in [0.15, 0.2) is 59.2 Å². The Morgan fingerprint density at radius 3 is 2.72 bits per heavy atom. The van der Waals surface area contributed by atoms with E-state index in [0.29, 0.717) is 19.5 Å². The van der Waals surface area contributed by atoms with Gasteiger partial charge in [0.05, 0.1) is 7.11 Å². The number of aryl methyl sites for hydroxylation is 1. The van der Waals surface area contributed by atoms with Crippen LogP contribution < -0.4 is 10.1 Å². The molecule has 1 N–H and O–H groups in total. The van der Waals surface area contributed by atoms with Crippen molar-refractivity contribution in [1.29, 1.82) is 0 Å². The minimum atomic E-state index is 0.0744. The number of carbonyl (C=O) groups is 1. The summed E-state index contributed by atoms with van der Waals surface area (Å²) in [5.74, 6) is 0.920. The molecule has 0 aliphatic carbocycles. The summed E-state index contributed by atoms with van der Waals surface area (Å²) in [6, 6.07) is 16.1. The van der Waals surface area contributed by atoms with Crippen LogP contribution >= 0.6 is 15.9 Å². The van der Waals surface area contributed by atoms with Crippen LogP contribution in [0.3, 0.4) is 0 Å². The molecule has 0 saturated carbocycles. The second-order valence-electron chi connectivity index (χ2n) is 5.88. The maximum atomic E-state index is 12.1. The number of hydrogen-bond acceptors (Lipinski definition) is 2. The van der Waals surface area contributed by atoms with Crippen molar-refractivity contribution in [3.05, 3.63) is 64.8 Å². The molecule has 4 nitrogen and oxygen atoms in total. The molecule has 1 aromatic heterocycles. The lowest BCUT2D eigenvalue weighted by atomic mass is 10.1. The van der Waals surface area contributed by atoms with Crippen molar-refractivity contribution < 1.29 is 9.53 Å². The van der Waals surface area contributed by atoms with Crippen molar-refractivity contribution in [3.63, 3.8) is 0 Å². The van der Waals surface area contributed by atoms with E-state index in [-0.39, 0.29) is 5.91 Å². The molecular formula is C20H21BrN2O2. The molecular weight excluding hydrogens is 380 g/mol. The fourth-order valence-electron chi connectivity index (χ4n) is 2.83. The SMILES string of the molecule is COc1ccc(CCNC(=O)CCn2ccc3c(Br)cccc32)cc1. The van der Waals surface area contributed by atoms with Gasteiger partial charge >= 0.3 is 0 Å². The Hall–Kier alpha value is -2.27. The van der Waals surface area contributed by atoms with Gasteiger partial charge in [-0.25, -0.2) is 0 Å².